The second-order valence-corrected chi connectivity index (χ2v) is 6.34. The third-order valence-corrected chi connectivity index (χ3v) is 4.32. The number of ether oxygens (including phenoxy) is 2. The quantitative estimate of drug-likeness (QED) is 0.799. The maximum atomic E-state index is 9.50. The Balaban J connectivity index is 0.000000203. The van der Waals surface area contributed by atoms with E-state index in [0.717, 1.165) is 17.0 Å². The summed E-state index contributed by atoms with van der Waals surface area (Å²) in [6.07, 6.45) is 0.311. The SMILES string of the molecule is COc1ccc(Cc2sccc2O)cc1.OC1COC[C@H](O)C1. The molecule has 1 unspecified atom stereocenters. The van der Waals surface area contributed by atoms with Crippen molar-refractivity contribution in [2.45, 2.75) is 25.0 Å². The molecular weight excluding hydrogens is 316 g/mol. The lowest BCUT2D eigenvalue weighted by molar-refractivity contribution is -0.0714. The van der Waals surface area contributed by atoms with Gasteiger partial charge in [-0.15, -0.1) is 11.3 Å². The lowest BCUT2D eigenvalue weighted by Gasteiger charge is -2.21. The summed E-state index contributed by atoms with van der Waals surface area (Å²) in [5.74, 6) is 1.24. The maximum absolute atomic E-state index is 9.50. The summed E-state index contributed by atoms with van der Waals surface area (Å²) in [6, 6.07) is 9.61. The van der Waals surface area contributed by atoms with Crippen LogP contribution in [0.3, 0.4) is 0 Å². The van der Waals surface area contributed by atoms with Crippen LogP contribution in [0.5, 0.6) is 11.5 Å². The number of aliphatic hydroxyl groups excluding tert-OH is 2. The van der Waals surface area contributed by atoms with Crippen molar-refractivity contribution in [3.8, 4) is 11.5 Å². The molecule has 1 aliphatic heterocycles. The fourth-order valence-corrected chi connectivity index (χ4v) is 2.99. The van der Waals surface area contributed by atoms with E-state index in [9.17, 15) is 5.11 Å². The molecule has 2 aromatic rings. The molecule has 1 fully saturated rings. The zero-order valence-electron chi connectivity index (χ0n) is 13.0. The van der Waals surface area contributed by atoms with Gasteiger partial charge in [-0.2, -0.15) is 0 Å². The van der Waals surface area contributed by atoms with E-state index >= 15 is 0 Å². The molecule has 2 atom stereocenters. The van der Waals surface area contributed by atoms with E-state index in [1.165, 1.54) is 5.56 Å². The number of aliphatic hydroxyl groups is 2. The van der Waals surface area contributed by atoms with E-state index in [4.69, 9.17) is 19.7 Å². The van der Waals surface area contributed by atoms with Crippen molar-refractivity contribution in [2.75, 3.05) is 20.3 Å². The van der Waals surface area contributed by atoms with Crippen molar-refractivity contribution in [1.29, 1.82) is 0 Å². The highest BCUT2D eigenvalue weighted by atomic mass is 32.1. The molecule has 23 heavy (non-hydrogen) atoms. The van der Waals surface area contributed by atoms with E-state index in [1.54, 1.807) is 24.5 Å². The Hall–Kier alpha value is -1.60. The topological polar surface area (TPSA) is 79.2 Å². The van der Waals surface area contributed by atoms with Gasteiger partial charge in [-0.25, -0.2) is 0 Å². The molecule has 3 rings (SSSR count). The van der Waals surface area contributed by atoms with Gasteiger partial charge in [0.2, 0.25) is 0 Å². The number of aromatic hydroxyl groups is 1. The molecule has 1 saturated heterocycles. The number of rotatable bonds is 3. The van der Waals surface area contributed by atoms with Crippen molar-refractivity contribution in [1.82, 2.24) is 0 Å². The summed E-state index contributed by atoms with van der Waals surface area (Å²) in [5.41, 5.74) is 1.17. The first-order chi connectivity index (χ1) is 11.1. The van der Waals surface area contributed by atoms with Gasteiger partial charge < -0.3 is 24.8 Å². The lowest BCUT2D eigenvalue weighted by Crippen LogP contribution is -2.32. The number of methoxy groups -OCH3 is 1. The number of benzene rings is 1. The van der Waals surface area contributed by atoms with Gasteiger partial charge in [0, 0.05) is 12.8 Å². The first-order valence-corrected chi connectivity index (χ1v) is 8.28. The minimum absolute atomic E-state index is 0.372. The summed E-state index contributed by atoms with van der Waals surface area (Å²) in [7, 11) is 1.65. The molecule has 126 valence electrons. The van der Waals surface area contributed by atoms with Crippen LogP contribution < -0.4 is 4.74 Å². The largest absolute Gasteiger partial charge is 0.507 e. The molecule has 6 heteroatoms. The van der Waals surface area contributed by atoms with Gasteiger partial charge in [0.05, 0.1) is 37.4 Å². The molecule has 0 spiro atoms. The molecule has 0 bridgehead atoms. The third-order valence-electron chi connectivity index (χ3n) is 3.41. The average Bonchev–Trinajstić information content (AvgIpc) is 2.94. The van der Waals surface area contributed by atoms with Gasteiger partial charge in [0.1, 0.15) is 11.5 Å². The number of hydrogen-bond acceptors (Lipinski definition) is 6. The molecule has 0 amide bonds. The van der Waals surface area contributed by atoms with Gasteiger partial charge in [-0.1, -0.05) is 12.1 Å². The summed E-state index contributed by atoms with van der Waals surface area (Å²) in [6.45, 7) is 0.744. The van der Waals surface area contributed by atoms with Crippen molar-refractivity contribution in [2.24, 2.45) is 0 Å². The normalized spacial score (nSPS) is 20.5. The van der Waals surface area contributed by atoms with E-state index < -0.39 is 12.2 Å². The van der Waals surface area contributed by atoms with Gasteiger partial charge in [-0.3, -0.25) is 0 Å². The van der Waals surface area contributed by atoms with Gasteiger partial charge in [-0.05, 0) is 29.1 Å². The molecule has 2 heterocycles. The van der Waals surface area contributed by atoms with E-state index in [-0.39, 0.29) is 0 Å². The smallest absolute Gasteiger partial charge is 0.129 e. The zero-order valence-corrected chi connectivity index (χ0v) is 13.8. The fourth-order valence-electron chi connectivity index (χ4n) is 2.19. The van der Waals surface area contributed by atoms with Crippen molar-refractivity contribution >= 4 is 11.3 Å². The molecule has 0 radical (unpaired) electrons. The molecule has 0 saturated carbocycles. The zero-order chi connectivity index (χ0) is 16.7. The van der Waals surface area contributed by atoms with Crippen LogP contribution >= 0.6 is 11.3 Å². The summed E-state index contributed by atoms with van der Waals surface area (Å²) >= 11 is 1.57. The second-order valence-electron chi connectivity index (χ2n) is 5.33. The first-order valence-electron chi connectivity index (χ1n) is 7.40. The monoisotopic (exact) mass is 338 g/mol. The number of hydrogen-bond donors (Lipinski definition) is 3. The van der Waals surface area contributed by atoms with Crippen LogP contribution in [0.2, 0.25) is 0 Å². The minimum Gasteiger partial charge on any atom is -0.507 e. The van der Waals surface area contributed by atoms with E-state index in [1.807, 2.05) is 29.6 Å². The Morgan fingerprint density at radius 3 is 2.22 bits per heavy atom. The predicted octanol–water partition coefficient (Wildman–Crippen LogP) is 2.18. The lowest BCUT2D eigenvalue weighted by atomic mass is 10.1. The predicted molar refractivity (Wildman–Crippen MR) is 89.2 cm³/mol. The Kier molecular flexibility index (Phi) is 6.85. The van der Waals surface area contributed by atoms with Crippen LogP contribution in [-0.2, 0) is 11.2 Å². The van der Waals surface area contributed by atoms with Crippen LogP contribution in [0.15, 0.2) is 35.7 Å². The molecule has 1 aromatic carbocycles. The Labute approximate surface area is 139 Å². The van der Waals surface area contributed by atoms with Crippen LogP contribution in [0, 0.1) is 0 Å². The Bertz CT molecular complexity index is 573. The molecule has 1 aliphatic rings. The van der Waals surface area contributed by atoms with Crippen molar-refractivity contribution in [3.05, 3.63) is 46.2 Å². The van der Waals surface area contributed by atoms with Gasteiger partial charge >= 0.3 is 0 Å². The van der Waals surface area contributed by atoms with Crippen LogP contribution in [0.1, 0.15) is 16.9 Å². The highest BCUT2D eigenvalue weighted by Crippen LogP contribution is 2.26. The third kappa shape index (κ3) is 5.84. The minimum atomic E-state index is -0.459. The number of thiophene rings is 1. The van der Waals surface area contributed by atoms with Crippen LogP contribution in [0.25, 0.3) is 0 Å². The second kappa shape index (κ2) is 8.88. The summed E-state index contributed by atoms with van der Waals surface area (Å²) < 4.78 is 9.88. The summed E-state index contributed by atoms with van der Waals surface area (Å²) in [4.78, 5) is 1.00. The van der Waals surface area contributed by atoms with E-state index in [0.29, 0.717) is 25.4 Å². The Morgan fingerprint density at radius 2 is 1.78 bits per heavy atom. The Morgan fingerprint density at radius 1 is 1.13 bits per heavy atom. The molecule has 0 aliphatic carbocycles. The first kappa shape index (κ1) is 17.7. The molecule has 5 nitrogen and oxygen atoms in total. The fraction of sp³-hybridized carbons (Fsp3) is 0.412. The standard InChI is InChI=1S/C12H12O2S.C5H10O3/c1-14-10-4-2-9(3-5-10)8-12-11(13)6-7-15-12;6-4-1-5(7)3-8-2-4/h2-7,13H,8H2,1H3;4-7H,1-3H2/t;4-,5?/m.1/s1. The highest BCUT2D eigenvalue weighted by Gasteiger charge is 2.17. The maximum Gasteiger partial charge on any atom is 0.129 e. The highest BCUT2D eigenvalue weighted by molar-refractivity contribution is 7.10. The van der Waals surface area contributed by atoms with Crippen LogP contribution in [-0.4, -0.2) is 47.9 Å². The van der Waals surface area contributed by atoms with Crippen LogP contribution in [0.4, 0.5) is 0 Å². The molecule has 3 N–H and O–H groups in total. The van der Waals surface area contributed by atoms with Crippen molar-refractivity contribution < 1.29 is 24.8 Å². The van der Waals surface area contributed by atoms with E-state index in [2.05, 4.69) is 0 Å². The van der Waals surface area contributed by atoms with Gasteiger partial charge in [0.15, 0.2) is 0 Å². The van der Waals surface area contributed by atoms with Gasteiger partial charge in [0.25, 0.3) is 0 Å². The van der Waals surface area contributed by atoms with Crippen molar-refractivity contribution in [3.63, 3.8) is 0 Å². The average molecular weight is 338 g/mol. The molecule has 1 aromatic heterocycles. The molecular formula is C17H22O5S. The summed E-state index contributed by atoms with van der Waals surface area (Å²) in [5, 5.41) is 29.0.